The van der Waals surface area contributed by atoms with E-state index in [1.165, 1.54) is 19.3 Å². The SMILES string of the molecule is CCN(C(=O)CN1CCNC(=O)C1)C1CCCCC1. The summed E-state index contributed by atoms with van der Waals surface area (Å²) in [4.78, 5) is 27.7. The van der Waals surface area contributed by atoms with E-state index in [-0.39, 0.29) is 11.8 Å². The molecule has 1 heterocycles. The van der Waals surface area contributed by atoms with Crippen LogP contribution in [-0.2, 0) is 9.59 Å². The summed E-state index contributed by atoms with van der Waals surface area (Å²) in [5.74, 6) is 0.212. The van der Waals surface area contributed by atoms with Gasteiger partial charge in [0, 0.05) is 25.7 Å². The summed E-state index contributed by atoms with van der Waals surface area (Å²) < 4.78 is 0. The maximum absolute atomic E-state index is 12.4. The van der Waals surface area contributed by atoms with E-state index in [9.17, 15) is 9.59 Å². The number of carbonyl (C=O) groups excluding carboxylic acids is 2. The zero-order valence-electron chi connectivity index (χ0n) is 11.9. The molecule has 2 fully saturated rings. The molecule has 0 aromatic heterocycles. The normalized spacial score (nSPS) is 22.1. The van der Waals surface area contributed by atoms with Crippen molar-refractivity contribution in [3.8, 4) is 0 Å². The highest BCUT2D eigenvalue weighted by atomic mass is 16.2. The van der Waals surface area contributed by atoms with Crippen molar-refractivity contribution in [1.82, 2.24) is 15.1 Å². The van der Waals surface area contributed by atoms with Crippen molar-refractivity contribution in [2.75, 3.05) is 32.7 Å². The number of nitrogens with one attached hydrogen (secondary N) is 1. The molecule has 0 unspecified atom stereocenters. The Kier molecular flexibility index (Phi) is 5.19. The average Bonchev–Trinajstić information content (AvgIpc) is 2.41. The van der Waals surface area contributed by atoms with Gasteiger partial charge in [-0.3, -0.25) is 14.5 Å². The van der Waals surface area contributed by atoms with E-state index in [4.69, 9.17) is 0 Å². The quantitative estimate of drug-likeness (QED) is 0.811. The second-order valence-corrected chi connectivity index (χ2v) is 5.53. The number of hydrogen-bond donors (Lipinski definition) is 1. The first-order chi connectivity index (χ1) is 9.20. The van der Waals surface area contributed by atoms with Gasteiger partial charge in [-0.2, -0.15) is 0 Å². The lowest BCUT2D eigenvalue weighted by Gasteiger charge is -2.35. The van der Waals surface area contributed by atoms with Gasteiger partial charge in [0.05, 0.1) is 13.1 Å². The van der Waals surface area contributed by atoms with Crippen LogP contribution in [0.2, 0.25) is 0 Å². The summed E-state index contributed by atoms with van der Waals surface area (Å²) in [5, 5.41) is 2.79. The van der Waals surface area contributed by atoms with Crippen molar-refractivity contribution in [3.63, 3.8) is 0 Å². The minimum Gasteiger partial charge on any atom is -0.354 e. The smallest absolute Gasteiger partial charge is 0.237 e. The van der Waals surface area contributed by atoms with E-state index in [0.717, 1.165) is 25.9 Å². The Hall–Kier alpha value is -1.10. The van der Waals surface area contributed by atoms with Crippen LogP contribution < -0.4 is 5.32 Å². The number of nitrogens with zero attached hydrogens (tertiary/aromatic N) is 2. The molecular weight excluding hydrogens is 242 g/mol. The summed E-state index contributed by atoms with van der Waals surface area (Å²) in [6.07, 6.45) is 6.05. The van der Waals surface area contributed by atoms with Gasteiger partial charge in [-0.15, -0.1) is 0 Å². The van der Waals surface area contributed by atoms with Gasteiger partial charge in [0.25, 0.3) is 0 Å². The van der Waals surface area contributed by atoms with E-state index in [1.807, 2.05) is 9.80 Å². The lowest BCUT2D eigenvalue weighted by molar-refractivity contribution is -0.136. The monoisotopic (exact) mass is 267 g/mol. The number of piperazine rings is 1. The molecule has 0 aromatic rings. The molecule has 5 heteroatoms. The third-order valence-corrected chi connectivity index (χ3v) is 4.15. The van der Waals surface area contributed by atoms with Crippen LogP contribution in [0.3, 0.4) is 0 Å². The first-order valence-corrected chi connectivity index (χ1v) is 7.49. The first kappa shape index (κ1) is 14.3. The van der Waals surface area contributed by atoms with Gasteiger partial charge in [0.15, 0.2) is 0 Å². The maximum atomic E-state index is 12.4. The van der Waals surface area contributed by atoms with Crippen LogP contribution in [0.4, 0.5) is 0 Å². The van der Waals surface area contributed by atoms with Gasteiger partial charge in [-0.1, -0.05) is 19.3 Å². The van der Waals surface area contributed by atoms with E-state index in [0.29, 0.717) is 25.7 Å². The molecule has 2 aliphatic rings. The molecular formula is C14H25N3O2. The van der Waals surface area contributed by atoms with E-state index < -0.39 is 0 Å². The largest absolute Gasteiger partial charge is 0.354 e. The van der Waals surface area contributed by atoms with Gasteiger partial charge < -0.3 is 10.2 Å². The van der Waals surface area contributed by atoms with Crippen LogP contribution in [0.1, 0.15) is 39.0 Å². The lowest BCUT2D eigenvalue weighted by Crippen LogP contribution is -2.52. The molecule has 108 valence electrons. The zero-order valence-corrected chi connectivity index (χ0v) is 11.9. The summed E-state index contributed by atoms with van der Waals surface area (Å²) in [6, 6.07) is 0.421. The summed E-state index contributed by atoms with van der Waals surface area (Å²) in [6.45, 7) is 5.01. The first-order valence-electron chi connectivity index (χ1n) is 7.49. The van der Waals surface area contributed by atoms with Crippen LogP contribution >= 0.6 is 0 Å². The van der Waals surface area contributed by atoms with Gasteiger partial charge in [-0.05, 0) is 19.8 Å². The third kappa shape index (κ3) is 3.93. The van der Waals surface area contributed by atoms with Gasteiger partial charge in [0.1, 0.15) is 0 Å². The van der Waals surface area contributed by atoms with Crippen LogP contribution in [-0.4, -0.2) is 60.4 Å². The van der Waals surface area contributed by atoms with Gasteiger partial charge >= 0.3 is 0 Å². The Morgan fingerprint density at radius 1 is 1.37 bits per heavy atom. The molecule has 0 radical (unpaired) electrons. The highest BCUT2D eigenvalue weighted by Gasteiger charge is 2.26. The van der Waals surface area contributed by atoms with E-state index in [2.05, 4.69) is 12.2 Å². The second-order valence-electron chi connectivity index (χ2n) is 5.53. The zero-order chi connectivity index (χ0) is 13.7. The standard InChI is InChI=1S/C14H25N3O2/c1-2-17(12-6-4-3-5-7-12)14(19)11-16-9-8-15-13(18)10-16/h12H,2-11H2,1H3,(H,15,18). The minimum absolute atomic E-state index is 0.0276. The Morgan fingerprint density at radius 2 is 2.11 bits per heavy atom. The van der Waals surface area contributed by atoms with Crippen molar-refractivity contribution in [2.24, 2.45) is 0 Å². The third-order valence-electron chi connectivity index (χ3n) is 4.15. The Morgan fingerprint density at radius 3 is 2.74 bits per heavy atom. The highest BCUT2D eigenvalue weighted by molar-refractivity contribution is 5.82. The molecule has 2 amide bonds. The molecule has 0 aromatic carbocycles. The molecule has 1 N–H and O–H groups in total. The van der Waals surface area contributed by atoms with Gasteiger partial charge in [-0.25, -0.2) is 0 Å². The lowest BCUT2D eigenvalue weighted by atomic mass is 9.94. The Balaban J connectivity index is 1.86. The van der Waals surface area contributed by atoms with Crippen molar-refractivity contribution >= 4 is 11.8 Å². The number of hydrogen-bond acceptors (Lipinski definition) is 3. The fourth-order valence-electron chi connectivity index (χ4n) is 3.14. The average molecular weight is 267 g/mol. The summed E-state index contributed by atoms with van der Waals surface area (Å²) in [5.41, 5.74) is 0. The maximum Gasteiger partial charge on any atom is 0.237 e. The highest BCUT2D eigenvalue weighted by Crippen LogP contribution is 2.22. The molecule has 0 atom stereocenters. The molecule has 1 aliphatic heterocycles. The van der Waals surface area contributed by atoms with Crippen LogP contribution in [0.15, 0.2) is 0 Å². The van der Waals surface area contributed by atoms with Crippen LogP contribution in [0, 0.1) is 0 Å². The Labute approximate surface area is 115 Å². The fourth-order valence-corrected chi connectivity index (χ4v) is 3.14. The molecule has 1 saturated carbocycles. The van der Waals surface area contributed by atoms with E-state index in [1.54, 1.807) is 0 Å². The Bertz CT molecular complexity index is 327. The van der Waals surface area contributed by atoms with Crippen LogP contribution in [0.5, 0.6) is 0 Å². The number of carbonyl (C=O) groups is 2. The summed E-state index contributed by atoms with van der Waals surface area (Å²) in [7, 11) is 0. The molecule has 5 nitrogen and oxygen atoms in total. The summed E-state index contributed by atoms with van der Waals surface area (Å²) >= 11 is 0. The second kappa shape index (κ2) is 6.89. The van der Waals surface area contributed by atoms with Gasteiger partial charge in [0.2, 0.25) is 11.8 Å². The number of rotatable bonds is 4. The molecule has 19 heavy (non-hydrogen) atoms. The van der Waals surface area contributed by atoms with Crippen molar-refractivity contribution in [1.29, 1.82) is 0 Å². The molecule has 1 saturated heterocycles. The predicted molar refractivity (Wildman–Crippen MR) is 73.7 cm³/mol. The number of amides is 2. The fraction of sp³-hybridized carbons (Fsp3) is 0.857. The molecule has 2 rings (SSSR count). The van der Waals surface area contributed by atoms with E-state index >= 15 is 0 Å². The van der Waals surface area contributed by atoms with Crippen molar-refractivity contribution in [3.05, 3.63) is 0 Å². The minimum atomic E-state index is 0.0276. The number of likely N-dealkylation sites (N-methyl/N-ethyl adjacent to an activating group) is 1. The van der Waals surface area contributed by atoms with Crippen LogP contribution in [0.25, 0.3) is 0 Å². The van der Waals surface area contributed by atoms with Crippen molar-refractivity contribution < 1.29 is 9.59 Å². The molecule has 0 spiro atoms. The van der Waals surface area contributed by atoms with Crippen molar-refractivity contribution in [2.45, 2.75) is 45.1 Å². The topological polar surface area (TPSA) is 52.7 Å². The molecule has 0 bridgehead atoms. The molecule has 1 aliphatic carbocycles. The predicted octanol–water partition coefficient (Wildman–Crippen LogP) is 0.599.